The molecule has 112 valence electrons. The zero-order chi connectivity index (χ0) is 15.5. The molecule has 0 fully saturated rings. The van der Waals surface area contributed by atoms with Crippen LogP contribution in [0.3, 0.4) is 0 Å². The molecule has 0 heterocycles. The quantitative estimate of drug-likeness (QED) is 0.765. The SMILES string of the molecule is CC(C)c1cccc(C(C)C)c1NC(=S)NC(C)(C)C. The van der Waals surface area contributed by atoms with E-state index >= 15 is 0 Å². The normalized spacial score (nSPS) is 11.8. The Labute approximate surface area is 129 Å². The molecule has 0 amide bonds. The van der Waals surface area contributed by atoms with E-state index in [4.69, 9.17) is 12.2 Å². The van der Waals surface area contributed by atoms with Gasteiger partial charge in [-0.3, -0.25) is 0 Å². The lowest BCUT2D eigenvalue weighted by atomic mass is 9.93. The van der Waals surface area contributed by atoms with Crippen LogP contribution in [0.4, 0.5) is 5.69 Å². The molecule has 0 atom stereocenters. The summed E-state index contributed by atoms with van der Waals surface area (Å²) in [4.78, 5) is 0. The summed E-state index contributed by atoms with van der Waals surface area (Å²) in [7, 11) is 0. The molecule has 0 aliphatic heterocycles. The molecule has 0 saturated carbocycles. The van der Waals surface area contributed by atoms with Crippen molar-refractivity contribution in [2.75, 3.05) is 5.32 Å². The van der Waals surface area contributed by atoms with Gasteiger partial charge in [-0.2, -0.15) is 0 Å². The van der Waals surface area contributed by atoms with Gasteiger partial charge in [-0.05, 0) is 56.0 Å². The lowest BCUT2D eigenvalue weighted by Crippen LogP contribution is -2.43. The van der Waals surface area contributed by atoms with E-state index in [1.54, 1.807) is 0 Å². The topological polar surface area (TPSA) is 24.1 Å². The number of hydrogen-bond donors (Lipinski definition) is 2. The van der Waals surface area contributed by atoms with Crippen LogP contribution in [0.15, 0.2) is 18.2 Å². The second-order valence-electron chi connectivity index (χ2n) is 6.95. The van der Waals surface area contributed by atoms with Crippen LogP contribution in [0, 0.1) is 0 Å². The van der Waals surface area contributed by atoms with Crippen molar-refractivity contribution < 1.29 is 0 Å². The molecule has 1 aromatic rings. The third kappa shape index (κ3) is 4.78. The summed E-state index contributed by atoms with van der Waals surface area (Å²) in [6.45, 7) is 15.2. The molecule has 0 aliphatic rings. The first kappa shape index (κ1) is 17.0. The van der Waals surface area contributed by atoms with Crippen molar-refractivity contribution in [3.8, 4) is 0 Å². The van der Waals surface area contributed by atoms with Crippen LogP contribution in [-0.4, -0.2) is 10.7 Å². The van der Waals surface area contributed by atoms with Crippen LogP contribution in [-0.2, 0) is 0 Å². The minimum Gasteiger partial charge on any atom is -0.358 e. The Hall–Kier alpha value is -1.09. The van der Waals surface area contributed by atoms with Gasteiger partial charge in [-0.25, -0.2) is 0 Å². The number of thiocarbonyl (C=S) groups is 1. The number of anilines is 1. The maximum Gasteiger partial charge on any atom is 0.171 e. The van der Waals surface area contributed by atoms with Crippen LogP contribution >= 0.6 is 12.2 Å². The summed E-state index contributed by atoms with van der Waals surface area (Å²) >= 11 is 5.45. The number of para-hydroxylation sites is 1. The molecular formula is C17H28N2S. The first-order valence-corrected chi connectivity index (χ1v) is 7.74. The van der Waals surface area contributed by atoms with E-state index in [1.165, 1.54) is 16.8 Å². The molecule has 0 radical (unpaired) electrons. The van der Waals surface area contributed by atoms with E-state index in [0.717, 1.165) is 0 Å². The summed E-state index contributed by atoms with van der Waals surface area (Å²) in [6.07, 6.45) is 0. The van der Waals surface area contributed by atoms with Crippen molar-refractivity contribution in [1.82, 2.24) is 5.32 Å². The Balaban J connectivity index is 3.11. The molecule has 0 spiro atoms. The van der Waals surface area contributed by atoms with Gasteiger partial charge >= 0.3 is 0 Å². The molecule has 0 saturated heterocycles. The maximum absolute atomic E-state index is 5.45. The van der Waals surface area contributed by atoms with Gasteiger partial charge in [-0.15, -0.1) is 0 Å². The van der Waals surface area contributed by atoms with Crippen molar-refractivity contribution >= 4 is 23.0 Å². The van der Waals surface area contributed by atoms with E-state index in [9.17, 15) is 0 Å². The van der Waals surface area contributed by atoms with Gasteiger partial charge in [0.25, 0.3) is 0 Å². The van der Waals surface area contributed by atoms with Gasteiger partial charge in [0, 0.05) is 11.2 Å². The lowest BCUT2D eigenvalue weighted by molar-refractivity contribution is 0.515. The van der Waals surface area contributed by atoms with Crippen LogP contribution in [0.5, 0.6) is 0 Å². The number of rotatable bonds is 3. The van der Waals surface area contributed by atoms with E-state index in [2.05, 4.69) is 77.3 Å². The molecule has 1 rings (SSSR count). The highest BCUT2D eigenvalue weighted by molar-refractivity contribution is 7.80. The Kier molecular flexibility index (Phi) is 5.58. The van der Waals surface area contributed by atoms with Gasteiger partial charge in [0.05, 0.1) is 0 Å². The second-order valence-corrected chi connectivity index (χ2v) is 7.36. The first-order chi connectivity index (χ1) is 9.11. The van der Waals surface area contributed by atoms with Gasteiger partial charge in [0.15, 0.2) is 5.11 Å². The molecule has 2 N–H and O–H groups in total. The Morgan fingerprint density at radius 3 is 1.80 bits per heavy atom. The van der Waals surface area contributed by atoms with Crippen molar-refractivity contribution in [2.24, 2.45) is 0 Å². The average Bonchev–Trinajstić information content (AvgIpc) is 2.25. The molecule has 2 nitrogen and oxygen atoms in total. The predicted molar refractivity (Wildman–Crippen MR) is 93.7 cm³/mol. The van der Waals surface area contributed by atoms with Crippen molar-refractivity contribution in [1.29, 1.82) is 0 Å². The Morgan fingerprint density at radius 1 is 1.00 bits per heavy atom. The maximum atomic E-state index is 5.45. The first-order valence-electron chi connectivity index (χ1n) is 7.33. The van der Waals surface area contributed by atoms with Gasteiger partial charge < -0.3 is 10.6 Å². The van der Waals surface area contributed by atoms with E-state index in [-0.39, 0.29) is 5.54 Å². The number of benzene rings is 1. The second kappa shape index (κ2) is 6.57. The fraction of sp³-hybridized carbons (Fsp3) is 0.588. The highest BCUT2D eigenvalue weighted by Crippen LogP contribution is 2.32. The van der Waals surface area contributed by atoms with Crippen LogP contribution in [0.1, 0.15) is 71.4 Å². The summed E-state index contributed by atoms with van der Waals surface area (Å²) in [5, 5.41) is 7.43. The monoisotopic (exact) mass is 292 g/mol. The molecule has 1 aromatic carbocycles. The van der Waals surface area contributed by atoms with Crippen molar-refractivity contribution in [2.45, 2.75) is 65.8 Å². The predicted octanol–water partition coefficient (Wildman–Crippen LogP) is 5.02. The fourth-order valence-electron chi connectivity index (χ4n) is 2.18. The highest BCUT2D eigenvalue weighted by atomic mass is 32.1. The van der Waals surface area contributed by atoms with Crippen molar-refractivity contribution in [3.05, 3.63) is 29.3 Å². The summed E-state index contributed by atoms with van der Waals surface area (Å²) in [6, 6.07) is 6.49. The highest BCUT2D eigenvalue weighted by Gasteiger charge is 2.16. The lowest BCUT2D eigenvalue weighted by Gasteiger charge is -2.26. The summed E-state index contributed by atoms with van der Waals surface area (Å²) in [5.41, 5.74) is 3.76. The molecule has 0 unspecified atom stereocenters. The summed E-state index contributed by atoms with van der Waals surface area (Å²) in [5.74, 6) is 0.933. The fourth-order valence-corrected chi connectivity index (χ4v) is 2.59. The molecule has 3 heteroatoms. The zero-order valence-corrected chi connectivity index (χ0v) is 14.6. The smallest absolute Gasteiger partial charge is 0.171 e. The molecular weight excluding hydrogens is 264 g/mol. The van der Waals surface area contributed by atoms with Gasteiger partial charge in [0.2, 0.25) is 0 Å². The number of hydrogen-bond acceptors (Lipinski definition) is 1. The van der Waals surface area contributed by atoms with Crippen LogP contribution in [0.25, 0.3) is 0 Å². The third-order valence-corrected chi connectivity index (χ3v) is 3.30. The number of nitrogens with one attached hydrogen (secondary N) is 2. The van der Waals surface area contributed by atoms with Crippen LogP contribution in [0.2, 0.25) is 0 Å². The molecule has 0 bridgehead atoms. The van der Waals surface area contributed by atoms with Gasteiger partial charge in [-0.1, -0.05) is 45.9 Å². The van der Waals surface area contributed by atoms with Crippen LogP contribution < -0.4 is 10.6 Å². The zero-order valence-electron chi connectivity index (χ0n) is 13.8. The minimum atomic E-state index is -0.0329. The molecule has 20 heavy (non-hydrogen) atoms. The molecule has 0 aliphatic carbocycles. The van der Waals surface area contributed by atoms with E-state index < -0.39 is 0 Å². The van der Waals surface area contributed by atoms with Gasteiger partial charge in [0.1, 0.15) is 0 Å². The van der Waals surface area contributed by atoms with Crippen molar-refractivity contribution in [3.63, 3.8) is 0 Å². The Bertz CT molecular complexity index is 444. The van der Waals surface area contributed by atoms with E-state index in [1.807, 2.05) is 0 Å². The van der Waals surface area contributed by atoms with E-state index in [0.29, 0.717) is 16.9 Å². The minimum absolute atomic E-state index is 0.0329. The Morgan fingerprint density at radius 2 is 1.45 bits per heavy atom. The largest absolute Gasteiger partial charge is 0.358 e. The third-order valence-electron chi connectivity index (χ3n) is 3.10. The standard InChI is InChI=1S/C17H28N2S/c1-11(2)13-9-8-10-14(12(3)4)15(13)18-16(20)19-17(5,6)7/h8-12H,1-7H3,(H2,18,19,20). The molecule has 0 aromatic heterocycles. The average molecular weight is 292 g/mol. The summed E-state index contributed by atoms with van der Waals surface area (Å²) < 4.78 is 0.